The van der Waals surface area contributed by atoms with E-state index >= 15 is 0 Å². The van der Waals surface area contributed by atoms with E-state index in [1.807, 2.05) is 18.5 Å². The van der Waals surface area contributed by atoms with Crippen LogP contribution in [0.4, 0.5) is 10.8 Å². The molecule has 1 saturated heterocycles. The zero-order chi connectivity index (χ0) is 20.6. The van der Waals surface area contributed by atoms with Gasteiger partial charge in [-0.05, 0) is 43.5 Å². The molecule has 1 atom stereocenters. The first kappa shape index (κ1) is 20.3. The van der Waals surface area contributed by atoms with E-state index in [0.717, 1.165) is 49.0 Å². The van der Waals surface area contributed by atoms with Gasteiger partial charge < -0.3 is 9.80 Å². The van der Waals surface area contributed by atoms with E-state index in [1.54, 1.807) is 28.4 Å². The lowest BCUT2D eigenvalue weighted by molar-refractivity contribution is -0.120. The lowest BCUT2D eigenvalue weighted by Crippen LogP contribution is -2.44. The number of aromatic nitrogens is 1. The monoisotopic (exact) mass is 435 g/mol. The second-order valence-corrected chi connectivity index (χ2v) is 10.0. The fourth-order valence-corrected chi connectivity index (χ4v) is 5.39. The molecule has 4 rings (SSSR count). The molecule has 2 aliphatic heterocycles. The molecule has 10 heteroatoms. The maximum atomic E-state index is 13.1. The van der Waals surface area contributed by atoms with Crippen LogP contribution in [-0.4, -0.2) is 63.0 Å². The Hall–Kier alpha value is -2.01. The second kappa shape index (κ2) is 8.02. The Morgan fingerprint density at radius 3 is 2.83 bits per heavy atom. The third-order valence-electron chi connectivity index (χ3n) is 5.50. The summed E-state index contributed by atoms with van der Waals surface area (Å²) in [6.45, 7) is 5.81. The number of fused-ring (bicyclic) bond motifs is 1. The molecule has 2 N–H and O–H groups in total. The lowest BCUT2D eigenvalue weighted by atomic mass is 10.1. The highest BCUT2D eigenvalue weighted by Crippen LogP contribution is 2.34. The predicted octanol–water partition coefficient (Wildman–Crippen LogP) is 1.28. The molecule has 156 valence electrons. The molecule has 1 fully saturated rings. The van der Waals surface area contributed by atoms with Crippen molar-refractivity contribution in [3.05, 3.63) is 35.3 Å². The van der Waals surface area contributed by atoms with E-state index in [0.29, 0.717) is 13.0 Å². The Labute approximate surface area is 175 Å². The summed E-state index contributed by atoms with van der Waals surface area (Å²) in [6.07, 6.45) is 3.43. The highest BCUT2D eigenvalue weighted by molar-refractivity contribution is 7.89. The van der Waals surface area contributed by atoms with Crippen LogP contribution >= 0.6 is 11.3 Å². The van der Waals surface area contributed by atoms with Gasteiger partial charge in [-0.15, -0.1) is 11.3 Å². The van der Waals surface area contributed by atoms with E-state index in [1.165, 1.54) is 6.07 Å². The van der Waals surface area contributed by atoms with Gasteiger partial charge in [0.05, 0.1) is 11.4 Å². The third kappa shape index (κ3) is 4.30. The van der Waals surface area contributed by atoms with Crippen molar-refractivity contribution in [2.45, 2.75) is 30.7 Å². The van der Waals surface area contributed by atoms with Crippen LogP contribution in [0.25, 0.3) is 0 Å². The molecule has 1 aromatic carbocycles. The highest BCUT2D eigenvalue weighted by Gasteiger charge is 2.32. The third-order valence-corrected chi connectivity index (χ3v) is 7.24. The van der Waals surface area contributed by atoms with Crippen molar-refractivity contribution >= 4 is 38.1 Å². The van der Waals surface area contributed by atoms with Gasteiger partial charge in [0, 0.05) is 49.5 Å². The molecule has 0 spiro atoms. The molecule has 0 bridgehead atoms. The number of thiazole rings is 1. The van der Waals surface area contributed by atoms with Crippen LogP contribution in [0.3, 0.4) is 0 Å². The molecule has 1 unspecified atom stereocenters. The van der Waals surface area contributed by atoms with Crippen molar-refractivity contribution in [1.29, 1.82) is 0 Å². The average molecular weight is 436 g/mol. The SMILES string of the molecule is CC1Cc2cc(S(N)(=O)=O)ccc2N1C(=O)CN1CCCN(c2nccs2)CC1. The van der Waals surface area contributed by atoms with E-state index in [4.69, 9.17) is 5.14 Å². The van der Waals surface area contributed by atoms with Gasteiger partial charge in [0.2, 0.25) is 15.9 Å². The maximum Gasteiger partial charge on any atom is 0.241 e. The fourth-order valence-electron chi connectivity index (χ4n) is 4.12. The number of amides is 1. The average Bonchev–Trinajstić information content (AvgIpc) is 3.23. The summed E-state index contributed by atoms with van der Waals surface area (Å²) in [5.74, 6) is 0.0438. The number of carbonyl (C=O) groups excluding carboxylic acids is 1. The number of anilines is 2. The van der Waals surface area contributed by atoms with Crippen LogP contribution < -0.4 is 14.9 Å². The van der Waals surface area contributed by atoms with Crippen molar-refractivity contribution < 1.29 is 13.2 Å². The zero-order valence-electron chi connectivity index (χ0n) is 16.3. The molecule has 29 heavy (non-hydrogen) atoms. The molecule has 3 heterocycles. The lowest BCUT2D eigenvalue weighted by Gasteiger charge is -2.27. The first-order valence-corrected chi connectivity index (χ1v) is 12.1. The molecule has 1 amide bonds. The van der Waals surface area contributed by atoms with Crippen LogP contribution in [0, 0.1) is 0 Å². The summed E-state index contributed by atoms with van der Waals surface area (Å²) in [5, 5.41) is 8.26. The maximum absolute atomic E-state index is 13.1. The van der Waals surface area contributed by atoms with Crippen molar-refractivity contribution in [2.75, 3.05) is 42.5 Å². The molecule has 0 radical (unpaired) electrons. The minimum atomic E-state index is -3.75. The minimum Gasteiger partial charge on any atom is -0.347 e. The molecule has 2 aromatic rings. The van der Waals surface area contributed by atoms with Gasteiger partial charge in [-0.3, -0.25) is 9.69 Å². The topological polar surface area (TPSA) is 99.8 Å². The van der Waals surface area contributed by atoms with E-state index in [9.17, 15) is 13.2 Å². The fraction of sp³-hybridized carbons (Fsp3) is 0.474. The van der Waals surface area contributed by atoms with Crippen molar-refractivity contribution in [1.82, 2.24) is 9.88 Å². The standard InChI is InChI=1S/C19H25N5O3S2/c1-14-11-15-12-16(29(20,26)27)3-4-17(15)24(14)18(25)13-22-6-2-7-23(9-8-22)19-21-5-10-28-19/h3-5,10,12,14H,2,6-9,11,13H2,1H3,(H2,20,26,27). The van der Waals surface area contributed by atoms with Gasteiger partial charge >= 0.3 is 0 Å². The molecular formula is C19H25N5O3S2. The summed E-state index contributed by atoms with van der Waals surface area (Å²) >= 11 is 1.64. The summed E-state index contributed by atoms with van der Waals surface area (Å²) in [5.41, 5.74) is 1.64. The van der Waals surface area contributed by atoms with Crippen LogP contribution in [0.5, 0.6) is 0 Å². The van der Waals surface area contributed by atoms with Gasteiger partial charge in [0.1, 0.15) is 0 Å². The zero-order valence-corrected chi connectivity index (χ0v) is 18.0. The first-order chi connectivity index (χ1) is 13.8. The Kier molecular flexibility index (Phi) is 5.60. The normalized spacial score (nSPS) is 20.6. The molecule has 1 aromatic heterocycles. The predicted molar refractivity (Wildman–Crippen MR) is 114 cm³/mol. The molecule has 0 saturated carbocycles. The van der Waals surface area contributed by atoms with Crippen LogP contribution in [0.2, 0.25) is 0 Å². The number of hydrogen-bond donors (Lipinski definition) is 1. The highest BCUT2D eigenvalue weighted by atomic mass is 32.2. The second-order valence-electron chi connectivity index (χ2n) is 7.58. The van der Waals surface area contributed by atoms with Gasteiger partial charge in [-0.25, -0.2) is 18.5 Å². The van der Waals surface area contributed by atoms with E-state index in [2.05, 4.69) is 14.8 Å². The van der Waals surface area contributed by atoms with Crippen LogP contribution in [0.1, 0.15) is 18.9 Å². The summed E-state index contributed by atoms with van der Waals surface area (Å²) in [4.78, 5) is 23.9. The molecule has 2 aliphatic rings. The van der Waals surface area contributed by atoms with Crippen LogP contribution in [-0.2, 0) is 21.2 Å². The van der Waals surface area contributed by atoms with Crippen LogP contribution in [0.15, 0.2) is 34.7 Å². The van der Waals surface area contributed by atoms with Gasteiger partial charge in [0.15, 0.2) is 5.13 Å². The number of nitrogens with two attached hydrogens (primary N) is 1. The summed E-state index contributed by atoms with van der Waals surface area (Å²) in [7, 11) is -3.75. The number of benzene rings is 1. The van der Waals surface area contributed by atoms with Crippen molar-refractivity contribution in [3.63, 3.8) is 0 Å². The summed E-state index contributed by atoms with van der Waals surface area (Å²) < 4.78 is 23.2. The minimum absolute atomic E-state index is 0.00739. The Balaban J connectivity index is 1.44. The molecule has 8 nitrogen and oxygen atoms in total. The van der Waals surface area contributed by atoms with Gasteiger partial charge in [-0.1, -0.05) is 0 Å². The largest absolute Gasteiger partial charge is 0.347 e. The van der Waals surface area contributed by atoms with Gasteiger partial charge in [-0.2, -0.15) is 0 Å². The Morgan fingerprint density at radius 1 is 1.28 bits per heavy atom. The van der Waals surface area contributed by atoms with E-state index in [-0.39, 0.29) is 16.8 Å². The Morgan fingerprint density at radius 2 is 2.10 bits per heavy atom. The molecule has 0 aliphatic carbocycles. The van der Waals surface area contributed by atoms with Crippen molar-refractivity contribution in [2.24, 2.45) is 5.14 Å². The first-order valence-electron chi connectivity index (χ1n) is 9.67. The quantitative estimate of drug-likeness (QED) is 0.777. The van der Waals surface area contributed by atoms with Crippen molar-refractivity contribution in [3.8, 4) is 0 Å². The molecular weight excluding hydrogens is 410 g/mol. The van der Waals surface area contributed by atoms with Gasteiger partial charge in [0.25, 0.3) is 0 Å². The Bertz CT molecular complexity index is 993. The number of carbonyl (C=O) groups is 1. The number of nitrogens with zero attached hydrogens (tertiary/aromatic N) is 4. The van der Waals surface area contributed by atoms with E-state index < -0.39 is 10.0 Å². The smallest absolute Gasteiger partial charge is 0.241 e. The number of rotatable bonds is 4. The summed E-state index contributed by atoms with van der Waals surface area (Å²) in [6, 6.07) is 4.76. The number of primary sulfonamides is 1. The number of sulfonamides is 1. The number of hydrogen-bond acceptors (Lipinski definition) is 7.